The molecule has 8 heteroatoms. The van der Waals surface area contributed by atoms with Gasteiger partial charge in [-0.2, -0.15) is 0 Å². The van der Waals surface area contributed by atoms with Crippen molar-refractivity contribution in [2.75, 3.05) is 0 Å². The van der Waals surface area contributed by atoms with Gasteiger partial charge in [0.25, 0.3) is 5.91 Å². The number of thiophene rings is 1. The van der Waals surface area contributed by atoms with E-state index >= 15 is 0 Å². The standard InChI is InChI=1S/C16H13BrClNO4S/c1-7-8(6-13(21)22)14-9(2-3-10(20)15(14)18)19(7)16(23)11-4-5-12(17)24-11/h4-5,9H,2-3,6H2,1H3,(H,21,22). The van der Waals surface area contributed by atoms with Gasteiger partial charge in [0.05, 0.1) is 26.2 Å². The molecular formula is C16H13BrClNO4S. The fraction of sp³-hybridized carbons (Fsp3) is 0.312. The van der Waals surface area contributed by atoms with Crippen LogP contribution in [0.1, 0.15) is 35.9 Å². The first-order valence-electron chi connectivity index (χ1n) is 7.25. The van der Waals surface area contributed by atoms with Gasteiger partial charge in [-0.25, -0.2) is 0 Å². The largest absolute Gasteiger partial charge is 0.481 e. The molecule has 5 nitrogen and oxygen atoms in total. The van der Waals surface area contributed by atoms with Crippen LogP contribution in [0.4, 0.5) is 0 Å². The number of Topliss-reactive ketones (excluding diaryl/α,β-unsaturated/α-hetero) is 1. The van der Waals surface area contributed by atoms with Crippen molar-refractivity contribution in [2.45, 2.75) is 32.2 Å². The summed E-state index contributed by atoms with van der Waals surface area (Å²) < 4.78 is 0.838. The summed E-state index contributed by atoms with van der Waals surface area (Å²) >= 11 is 10.8. The summed E-state index contributed by atoms with van der Waals surface area (Å²) in [6, 6.07) is 3.13. The SMILES string of the molecule is CC1=C(CC(=O)O)C2=C(Cl)C(=O)CCC2N1C(=O)c1ccc(Br)s1. The summed E-state index contributed by atoms with van der Waals surface area (Å²) in [6.45, 7) is 1.71. The molecule has 1 N–H and O–H groups in total. The first-order chi connectivity index (χ1) is 11.3. The van der Waals surface area contributed by atoms with Crippen LogP contribution in [0.5, 0.6) is 0 Å². The average molecular weight is 431 g/mol. The van der Waals surface area contributed by atoms with Gasteiger partial charge in [-0.15, -0.1) is 11.3 Å². The minimum atomic E-state index is -1.02. The van der Waals surface area contributed by atoms with Gasteiger partial charge >= 0.3 is 5.97 Å². The van der Waals surface area contributed by atoms with E-state index in [2.05, 4.69) is 15.9 Å². The summed E-state index contributed by atoms with van der Waals surface area (Å²) in [4.78, 5) is 38.2. The van der Waals surface area contributed by atoms with Crippen LogP contribution < -0.4 is 0 Å². The van der Waals surface area contributed by atoms with Crippen LogP contribution in [0.25, 0.3) is 0 Å². The van der Waals surface area contributed by atoms with Crippen LogP contribution in [0.2, 0.25) is 0 Å². The second kappa shape index (κ2) is 6.46. The van der Waals surface area contributed by atoms with Gasteiger partial charge in [0.2, 0.25) is 0 Å². The molecule has 1 aromatic rings. The second-order valence-electron chi connectivity index (χ2n) is 5.62. The summed E-state index contributed by atoms with van der Waals surface area (Å²) in [6.07, 6.45) is 0.431. The average Bonchev–Trinajstić information content (AvgIpc) is 3.05. The number of rotatable bonds is 3. The number of aliphatic carboxylic acids is 1. The minimum absolute atomic E-state index is 0.0597. The number of fused-ring (bicyclic) bond motifs is 1. The Morgan fingerprint density at radius 3 is 2.75 bits per heavy atom. The highest BCUT2D eigenvalue weighted by atomic mass is 79.9. The van der Waals surface area contributed by atoms with Gasteiger partial charge in [0, 0.05) is 17.7 Å². The van der Waals surface area contributed by atoms with Gasteiger partial charge in [-0.3, -0.25) is 14.4 Å². The van der Waals surface area contributed by atoms with E-state index in [1.165, 1.54) is 11.3 Å². The molecule has 24 heavy (non-hydrogen) atoms. The van der Waals surface area contributed by atoms with E-state index in [-0.39, 0.29) is 35.6 Å². The first-order valence-corrected chi connectivity index (χ1v) is 9.23. The molecule has 0 saturated carbocycles. The molecule has 0 aromatic carbocycles. The smallest absolute Gasteiger partial charge is 0.307 e. The maximum atomic E-state index is 12.9. The number of ketones is 1. The molecule has 1 amide bonds. The summed E-state index contributed by atoms with van der Waals surface area (Å²) in [5, 5.41) is 9.25. The van der Waals surface area contributed by atoms with Gasteiger partial charge in [-0.05, 0) is 47.0 Å². The Morgan fingerprint density at radius 2 is 2.17 bits per heavy atom. The highest BCUT2D eigenvalue weighted by Crippen LogP contribution is 2.44. The molecule has 2 aliphatic rings. The molecule has 1 unspecified atom stereocenters. The molecule has 1 aliphatic carbocycles. The number of carboxylic acid groups (broad SMARTS) is 1. The summed E-state index contributed by atoms with van der Waals surface area (Å²) in [7, 11) is 0. The number of nitrogens with zero attached hydrogens (tertiary/aromatic N) is 1. The molecule has 1 atom stereocenters. The predicted molar refractivity (Wildman–Crippen MR) is 94.0 cm³/mol. The van der Waals surface area contributed by atoms with Crippen molar-refractivity contribution >= 4 is 56.5 Å². The Hall–Kier alpha value is -1.44. The molecule has 0 saturated heterocycles. The molecule has 3 rings (SSSR count). The van der Waals surface area contributed by atoms with Crippen molar-refractivity contribution in [3.8, 4) is 0 Å². The Morgan fingerprint density at radius 1 is 1.46 bits per heavy atom. The third kappa shape index (κ3) is 2.85. The monoisotopic (exact) mass is 429 g/mol. The van der Waals surface area contributed by atoms with Crippen molar-refractivity contribution in [2.24, 2.45) is 0 Å². The van der Waals surface area contributed by atoms with Crippen LogP contribution in [0.15, 0.2) is 37.8 Å². The Balaban J connectivity index is 2.10. The zero-order chi connectivity index (χ0) is 17.6. The van der Waals surface area contributed by atoms with Crippen LogP contribution in [-0.4, -0.2) is 33.7 Å². The van der Waals surface area contributed by atoms with Crippen LogP contribution in [0.3, 0.4) is 0 Å². The zero-order valence-electron chi connectivity index (χ0n) is 12.6. The summed E-state index contributed by atoms with van der Waals surface area (Å²) in [5.41, 5.74) is 1.52. The predicted octanol–water partition coefficient (Wildman–Crippen LogP) is 3.94. The third-order valence-corrected chi connectivity index (χ3v) is 6.25. The third-order valence-electron chi connectivity index (χ3n) is 4.23. The van der Waals surface area contributed by atoms with E-state index in [0.717, 1.165) is 3.79 Å². The molecule has 0 fully saturated rings. The molecule has 2 heterocycles. The normalized spacial score (nSPS) is 20.7. The number of carbonyl (C=O) groups excluding carboxylic acids is 2. The summed E-state index contributed by atoms with van der Waals surface area (Å²) in [5.74, 6) is -1.43. The molecule has 0 spiro atoms. The molecule has 0 bridgehead atoms. The maximum Gasteiger partial charge on any atom is 0.307 e. The lowest BCUT2D eigenvalue weighted by Gasteiger charge is -2.29. The van der Waals surface area contributed by atoms with Crippen molar-refractivity contribution in [1.82, 2.24) is 4.90 Å². The topological polar surface area (TPSA) is 74.7 Å². The molecule has 1 aliphatic heterocycles. The van der Waals surface area contributed by atoms with Crippen LogP contribution >= 0.6 is 38.9 Å². The lowest BCUT2D eigenvalue weighted by Crippen LogP contribution is -2.38. The zero-order valence-corrected chi connectivity index (χ0v) is 15.8. The lowest BCUT2D eigenvalue weighted by atomic mass is 9.89. The number of allylic oxidation sites excluding steroid dienone is 2. The van der Waals surface area contributed by atoms with Gasteiger partial charge in [0.15, 0.2) is 5.78 Å². The lowest BCUT2D eigenvalue weighted by molar-refractivity contribution is -0.136. The van der Waals surface area contributed by atoms with Crippen LogP contribution in [-0.2, 0) is 9.59 Å². The van der Waals surface area contributed by atoms with E-state index in [4.69, 9.17) is 11.6 Å². The van der Waals surface area contributed by atoms with Crippen molar-refractivity contribution < 1.29 is 19.5 Å². The first kappa shape index (κ1) is 17.4. The highest BCUT2D eigenvalue weighted by molar-refractivity contribution is 9.11. The fourth-order valence-corrected chi connectivity index (χ4v) is 4.86. The van der Waals surface area contributed by atoms with Crippen LogP contribution in [0, 0.1) is 0 Å². The number of carbonyl (C=O) groups is 3. The Labute approximate surface area is 155 Å². The van der Waals surface area contributed by atoms with E-state index in [1.54, 1.807) is 24.0 Å². The Kier molecular flexibility index (Phi) is 4.68. The number of amides is 1. The number of hydrogen-bond donors (Lipinski definition) is 1. The van der Waals surface area contributed by atoms with Gasteiger partial charge in [-0.1, -0.05) is 11.6 Å². The van der Waals surface area contributed by atoms with Crippen molar-refractivity contribution in [3.05, 3.63) is 42.7 Å². The number of carboxylic acids is 1. The molecule has 0 radical (unpaired) electrons. The number of halogens is 2. The second-order valence-corrected chi connectivity index (χ2v) is 8.46. The Bertz CT molecular complexity index is 826. The van der Waals surface area contributed by atoms with Crippen molar-refractivity contribution in [3.63, 3.8) is 0 Å². The highest BCUT2D eigenvalue weighted by Gasteiger charge is 2.43. The number of hydrogen-bond acceptors (Lipinski definition) is 4. The fourth-order valence-electron chi connectivity index (χ4n) is 3.20. The van der Waals surface area contributed by atoms with E-state index < -0.39 is 5.97 Å². The van der Waals surface area contributed by atoms with Gasteiger partial charge in [0.1, 0.15) is 0 Å². The van der Waals surface area contributed by atoms with E-state index in [1.807, 2.05) is 0 Å². The maximum absolute atomic E-state index is 12.9. The quantitative estimate of drug-likeness (QED) is 0.788. The molecular weight excluding hydrogens is 418 g/mol. The molecule has 1 aromatic heterocycles. The van der Waals surface area contributed by atoms with Gasteiger partial charge < -0.3 is 10.0 Å². The molecule has 126 valence electrons. The van der Waals surface area contributed by atoms with Crippen molar-refractivity contribution in [1.29, 1.82) is 0 Å². The minimum Gasteiger partial charge on any atom is -0.481 e. The van der Waals surface area contributed by atoms with E-state index in [9.17, 15) is 19.5 Å². The van der Waals surface area contributed by atoms with E-state index in [0.29, 0.717) is 28.1 Å².